The van der Waals surface area contributed by atoms with E-state index in [0.29, 0.717) is 5.75 Å². The van der Waals surface area contributed by atoms with Crippen LogP contribution in [0.1, 0.15) is 24.3 Å². The normalized spacial score (nSPS) is 23.4. The molecule has 0 aromatic heterocycles. The van der Waals surface area contributed by atoms with Crippen molar-refractivity contribution in [3.63, 3.8) is 0 Å². The van der Waals surface area contributed by atoms with Crippen molar-refractivity contribution in [2.45, 2.75) is 24.9 Å². The van der Waals surface area contributed by atoms with Gasteiger partial charge in [-0.1, -0.05) is 30.3 Å². The quantitative estimate of drug-likeness (QED) is 0.825. The first-order valence-corrected chi connectivity index (χ1v) is 9.71. The molecule has 0 spiro atoms. The highest BCUT2D eigenvalue weighted by Crippen LogP contribution is 2.32. The van der Waals surface area contributed by atoms with Crippen LogP contribution >= 0.6 is 0 Å². The number of carbonyl (C=O) groups excluding carboxylic acids is 1. The first-order valence-electron chi connectivity index (χ1n) is 9.71. The maximum atomic E-state index is 12.2. The van der Waals surface area contributed by atoms with E-state index in [1.54, 1.807) is 12.1 Å². The standard InChI is InChI=1S/C22H26N2O3/c25-19-8-6-18(7-9-19)24-14-12-23(13-15-24)11-10-20-16-21(22(26)27-20)17-4-2-1-3-5-17/h1-9,20-21,25H,10-16H2/t20-,21?/m0/s1. The molecular weight excluding hydrogens is 340 g/mol. The van der Waals surface area contributed by atoms with Crippen LogP contribution in [0.2, 0.25) is 0 Å². The van der Waals surface area contributed by atoms with Crippen molar-refractivity contribution >= 4 is 11.7 Å². The number of hydrogen-bond donors (Lipinski definition) is 1. The highest BCUT2D eigenvalue weighted by Gasteiger charge is 2.35. The van der Waals surface area contributed by atoms with Crippen molar-refractivity contribution < 1.29 is 14.6 Å². The third-order valence-corrected chi connectivity index (χ3v) is 5.62. The number of nitrogens with zero attached hydrogens (tertiary/aromatic N) is 2. The lowest BCUT2D eigenvalue weighted by molar-refractivity contribution is -0.142. The molecule has 1 unspecified atom stereocenters. The van der Waals surface area contributed by atoms with Gasteiger partial charge in [0.15, 0.2) is 0 Å². The number of phenolic OH excluding ortho intramolecular Hbond substituents is 1. The molecule has 2 heterocycles. The fourth-order valence-electron chi connectivity index (χ4n) is 4.01. The summed E-state index contributed by atoms with van der Waals surface area (Å²) in [5, 5.41) is 9.42. The molecule has 0 aliphatic carbocycles. The molecule has 5 heteroatoms. The van der Waals surface area contributed by atoms with Crippen LogP contribution in [0, 0.1) is 0 Å². The number of phenols is 1. The van der Waals surface area contributed by atoms with Gasteiger partial charge in [0, 0.05) is 44.8 Å². The fourth-order valence-corrected chi connectivity index (χ4v) is 4.01. The minimum absolute atomic E-state index is 0.0258. The Kier molecular flexibility index (Phi) is 5.30. The van der Waals surface area contributed by atoms with Gasteiger partial charge in [0.25, 0.3) is 0 Å². The third-order valence-electron chi connectivity index (χ3n) is 5.62. The van der Waals surface area contributed by atoms with Crippen LogP contribution in [0.3, 0.4) is 0 Å². The number of benzene rings is 2. The molecule has 2 aromatic carbocycles. The maximum absolute atomic E-state index is 12.2. The van der Waals surface area contributed by atoms with Crippen LogP contribution < -0.4 is 4.90 Å². The Morgan fingerprint density at radius 1 is 0.963 bits per heavy atom. The first-order chi connectivity index (χ1) is 13.2. The number of rotatable bonds is 5. The molecule has 27 heavy (non-hydrogen) atoms. The summed E-state index contributed by atoms with van der Waals surface area (Å²) in [4.78, 5) is 17.0. The lowest BCUT2D eigenvalue weighted by Gasteiger charge is -2.36. The Morgan fingerprint density at radius 3 is 2.37 bits per heavy atom. The van der Waals surface area contributed by atoms with E-state index in [9.17, 15) is 9.90 Å². The highest BCUT2D eigenvalue weighted by molar-refractivity contribution is 5.80. The zero-order valence-corrected chi connectivity index (χ0v) is 15.5. The van der Waals surface area contributed by atoms with E-state index < -0.39 is 0 Å². The van der Waals surface area contributed by atoms with E-state index in [1.165, 1.54) is 0 Å². The summed E-state index contributed by atoms with van der Waals surface area (Å²) in [6.07, 6.45) is 1.71. The van der Waals surface area contributed by atoms with Gasteiger partial charge in [0.1, 0.15) is 11.9 Å². The number of ether oxygens (including phenoxy) is 1. The van der Waals surface area contributed by atoms with Gasteiger partial charge in [-0.05, 0) is 36.2 Å². The van der Waals surface area contributed by atoms with Crippen LogP contribution in [0.25, 0.3) is 0 Å². The molecule has 0 bridgehead atoms. The molecule has 5 nitrogen and oxygen atoms in total. The average molecular weight is 366 g/mol. The Morgan fingerprint density at radius 2 is 1.67 bits per heavy atom. The van der Waals surface area contributed by atoms with Gasteiger partial charge in [-0.25, -0.2) is 0 Å². The second-order valence-electron chi connectivity index (χ2n) is 7.39. The molecule has 4 rings (SSSR count). The van der Waals surface area contributed by atoms with Gasteiger partial charge >= 0.3 is 5.97 Å². The Labute approximate surface area is 160 Å². The zero-order valence-electron chi connectivity index (χ0n) is 15.5. The van der Waals surface area contributed by atoms with Crippen molar-refractivity contribution in [2.24, 2.45) is 0 Å². The van der Waals surface area contributed by atoms with Crippen LogP contribution in [0.15, 0.2) is 54.6 Å². The molecule has 2 fully saturated rings. The number of carbonyl (C=O) groups is 1. The highest BCUT2D eigenvalue weighted by atomic mass is 16.5. The lowest BCUT2D eigenvalue weighted by atomic mass is 9.95. The molecule has 142 valence electrons. The summed E-state index contributed by atoms with van der Waals surface area (Å²) in [6.45, 7) is 4.92. The number of cyclic esters (lactones) is 1. The minimum Gasteiger partial charge on any atom is -0.508 e. The van der Waals surface area contributed by atoms with Crippen molar-refractivity contribution in [1.29, 1.82) is 0 Å². The number of esters is 1. The summed E-state index contributed by atoms with van der Waals surface area (Å²) in [5.74, 6) is 0.114. The summed E-state index contributed by atoms with van der Waals surface area (Å²) in [6, 6.07) is 17.3. The Hall–Kier alpha value is -2.53. The SMILES string of the molecule is O=C1O[C@@H](CCN2CCN(c3ccc(O)cc3)CC2)CC1c1ccccc1. The third kappa shape index (κ3) is 4.25. The predicted octanol–water partition coefficient (Wildman–Crippen LogP) is 3.00. The fraction of sp³-hybridized carbons (Fsp3) is 0.409. The van der Waals surface area contributed by atoms with Gasteiger partial charge in [-0.3, -0.25) is 9.69 Å². The van der Waals surface area contributed by atoms with E-state index in [-0.39, 0.29) is 18.0 Å². The zero-order chi connectivity index (χ0) is 18.6. The monoisotopic (exact) mass is 366 g/mol. The molecule has 1 N–H and O–H groups in total. The molecule has 2 aliphatic rings. The molecule has 0 amide bonds. The number of hydrogen-bond acceptors (Lipinski definition) is 5. The predicted molar refractivity (Wildman–Crippen MR) is 105 cm³/mol. The van der Waals surface area contributed by atoms with Crippen LogP contribution in [0.5, 0.6) is 5.75 Å². The lowest BCUT2D eigenvalue weighted by Crippen LogP contribution is -2.47. The second-order valence-corrected chi connectivity index (χ2v) is 7.39. The second kappa shape index (κ2) is 8.01. The molecule has 2 atom stereocenters. The molecule has 2 aromatic rings. The minimum atomic E-state index is -0.109. The van der Waals surface area contributed by atoms with E-state index >= 15 is 0 Å². The molecule has 0 saturated carbocycles. The van der Waals surface area contributed by atoms with Crippen molar-refractivity contribution in [3.05, 3.63) is 60.2 Å². The maximum Gasteiger partial charge on any atom is 0.313 e. The summed E-state index contributed by atoms with van der Waals surface area (Å²) in [7, 11) is 0. The van der Waals surface area contributed by atoms with Crippen molar-refractivity contribution in [2.75, 3.05) is 37.6 Å². The van der Waals surface area contributed by atoms with E-state index in [1.807, 2.05) is 42.5 Å². The molecule has 2 saturated heterocycles. The average Bonchev–Trinajstić information content (AvgIpc) is 3.09. The van der Waals surface area contributed by atoms with E-state index in [0.717, 1.165) is 56.8 Å². The number of anilines is 1. The summed E-state index contributed by atoms with van der Waals surface area (Å²) >= 11 is 0. The first kappa shape index (κ1) is 17.9. The van der Waals surface area contributed by atoms with Gasteiger partial charge in [-0.2, -0.15) is 0 Å². The number of aromatic hydroxyl groups is 1. The van der Waals surface area contributed by atoms with Gasteiger partial charge in [0.2, 0.25) is 0 Å². The number of piperazine rings is 1. The van der Waals surface area contributed by atoms with Crippen molar-refractivity contribution in [1.82, 2.24) is 4.90 Å². The van der Waals surface area contributed by atoms with Crippen molar-refractivity contribution in [3.8, 4) is 5.75 Å². The van der Waals surface area contributed by atoms with Gasteiger partial charge < -0.3 is 14.7 Å². The molecular formula is C22H26N2O3. The molecule has 0 radical (unpaired) electrons. The van der Waals surface area contributed by atoms with Crippen LogP contribution in [-0.4, -0.2) is 54.8 Å². The summed E-state index contributed by atoms with van der Waals surface area (Å²) in [5.41, 5.74) is 2.22. The topological polar surface area (TPSA) is 53.0 Å². The summed E-state index contributed by atoms with van der Waals surface area (Å²) < 4.78 is 5.62. The van der Waals surface area contributed by atoms with Gasteiger partial charge in [0.05, 0.1) is 5.92 Å². The smallest absolute Gasteiger partial charge is 0.313 e. The molecule has 2 aliphatic heterocycles. The van der Waals surface area contributed by atoms with Crippen LogP contribution in [-0.2, 0) is 9.53 Å². The van der Waals surface area contributed by atoms with E-state index in [2.05, 4.69) is 9.80 Å². The van der Waals surface area contributed by atoms with Gasteiger partial charge in [-0.15, -0.1) is 0 Å². The Balaban J connectivity index is 1.23. The van der Waals surface area contributed by atoms with E-state index in [4.69, 9.17) is 4.74 Å². The largest absolute Gasteiger partial charge is 0.508 e. The van der Waals surface area contributed by atoms with Crippen LogP contribution in [0.4, 0.5) is 5.69 Å². The Bertz CT molecular complexity index is 755.